The third-order valence-electron chi connectivity index (χ3n) is 1.53. The standard InChI is InChI=1S/C10H12O2S.C2H6/c1-13-8-7-12-10(11)9-5-3-2-4-6-9;1-2/h2-6H,7-8H2,1H3;1-2H3. The quantitative estimate of drug-likeness (QED) is 0.582. The molecule has 0 aliphatic rings. The van der Waals surface area contributed by atoms with Gasteiger partial charge in [0.1, 0.15) is 6.61 Å². The van der Waals surface area contributed by atoms with Crippen LogP contribution in [0.25, 0.3) is 0 Å². The predicted octanol–water partition coefficient (Wildman–Crippen LogP) is 3.23. The summed E-state index contributed by atoms with van der Waals surface area (Å²) in [5.41, 5.74) is 0.614. The summed E-state index contributed by atoms with van der Waals surface area (Å²) in [6.45, 7) is 4.48. The van der Waals surface area contributed by atoms with E-state index in [-0.39, 0.29) is 5.97 Å². The Balaban J connectivity index is 0.000000921. The molecule has 1 rings (SSSR count). The molecule has 0 saturated carbocycles. The smallest absolute Gasteiger partial charge is 0.338 e. The number of hydrogen-bond acceptors (Lipinski definition) is 3. The molecular formula is C12H18O2S. The largest absolute Gasteiger partial charge is 0.461 e. The minimum Gasteiger partial charge on any atom is -0.461 e. The summed E-state index contributed by atoms with van der Waals surface area (Å²) in [5, 5.41) is 0. The molecular weight excluding hydrogens is 208 g/mol. The minimum atomic E-state index is -0.241. The molecule has 0 spiro atoms. The van der Waals surface area contributed by atoms with Gasteiger partial charge in [-0.05, 0) is 18.4 Å². The summed E-state index contributed by atoms with van der Waals surface area (Å²) in [7, 11) is 0. The van der Waals surface area contributed by atoms with Gasteiger partial charge in [0, 0.05) is 5.75 Å². The fourth-order valence-corrected chi connectivity index (χ4v) is 1.13. The van der Waals surface area contributed by atoms with Gasteiger partial charge in [0.25, 0.3) is 0 Å². The molecule has 0 N–H and O–H groups in total. The zero-order chi connectivity index (χ0) is 11.5. The Labute approximate surface area is 96.0 Å². The third-order valence-corrected chi connectivity index (χ3v) is 2.11. The van der Waals surface area contributed by atoms with Gasteiger partial charge in [0.2, 0.25) is 0 Å². The van der Waals surface area contributed by atoms with E-state index in [0.29, 0.717) is 12.2 Å². The maximum atomic E-state index is 11.3. The van der Waals surface area contributed by atoms with Crippen molar-refractivity contribution in [3.05, 3.63) is 35.9 Å². The van der Waals surface area contributed by atoms with Crippen LogP contribution in [0.4, 0.5) is 0 Å². The highest BCUT2D eigenvalue weighted by atomic mass is 32.2. The molecule has 0 fully saturated rings. The van der Waals surface area contributed by atoms with E-state index in [1.54, 1.807) is 23.9 Å². The normalized spacial score (nSPS) is 8.73. The van der Waals surface area contributed by atoms with Crippen LogP contribution in [-0.2, 0) is 4.74 Å². The molecule has 3 heteroatoms. The zero-order valence-corrected chi connectivity index (χ0v) is 10.3. The highest BCUT2D eigenvalue weighted by molar-refractivity contribution is 7.98. The maximum Gasteiger partial charge on any atom is 0.338 e. The van der Waals surface area contributed by atoms with Crippen LogP contribution in [0.3, 0.4) is 0 Å². The summed E-state index contributed by atoms with van der Waals surface area (Å²) in [6.07, 6.45) is 1.98. The van der Waals surface area contributed by atoms with Crippen LogP contribution in [0.1, 0.15) is 24.2 Å². The Kier molecular flexibility index (Phi) is 8.98. The van der Waals surface area contributed by atoms with Gasteiger partial charge in [-0.2, -0.15) is 11.8 Å². The number of hydrogen-bond donors (Lipinski definition) is 0. The second kappa shape index (κ2) is 9.59. The lowest BCUT2D eigenvalue weighted by atomic mass is 10.2. The number of ether oxygens (including phenoxy) is 1. The third kappa shape index (κ3) is 6.18. The molecule has 0 aromatic heterocycles. The second-order valence-corrected chi connectivity index (χ2v) is 3.48. The SMILES string of the molecule is CC.CSCCOC(=O)c1ccccc1. The van der Waals surface area contributed by atoms with Gasteiger partial charge < -0.3 is 4.74 Å². The fraction of sp³-hybridized carbons (Fsp3) is 0.417. The van der Waals surface area contributed by atoms with E-state index in [2.05, 4.69) is 0 Å². The van der Waals surface area contributed by atoms with Crippen molar-refractivity contribution < 1.29 is 9.53 Å². The Morgan fingerprint density at radius 3 is 2.40 bits per heavy atom. The van der Waals surface area contributed by atoms with Crippen molar-refractivity contribution in [2.24, 2.45) is 0 Å². The first-order valence-electron chi connectivity index (χ1n) is 5.05. The molecule has 0 radical (unpaired) electrons. The summed E-state index contributed by atoms with van der Waals surface area (Å²) in [5.74, 6) is 0.605. The molecule has 0 amide bonds. The van der Waals surface area contributed by atoms with Crippen LogP contribution in [0, 0.1) is 0 Å². The van der Waals surface area contributed by atoms with Gasteiger partial charge >= 0.3 is 5.97 Å². The van der Waals surface area contributed by atoms with Crippen molar-refractivity contribution >= 4 is 17.7 Å². The Morgan fingerprint density at radius 1 is 1.27 bits per heavy atom. The van der Waals surface area contributed by atoms with Crippen molar-refractivity contribution in [3.63, 3.8) is 0 Å². The highest BCUT2D eigenvalue weighted by Gasteiger charge is 2.04. The summed E-state index contributed by atoms with van der Waals surface area (Å²) >= 11 is 1.66. The topological polar surface area (TPSA) is 26.3 Å². The minimum absolute atomic E-state index is 0.241. The van der Waals surface area contributed by atoms with Gasteiger partial charge in [-0.3, -0.25) is 0 Å². The van der Waals surface area contributed by atoms with Gasteiger partial charge in [0.15, 0.2) is 0 Å². The number of esters is 1. The molecule has 0 aliphatic carbocycles. The molecule has 0 bridgehead atoms. The van der Waals surface area contributed by atoms with Crippen LogP contribution in [0.15, 0.2) is 30.3 Å². The van der Waals surface area contributed by atoms with E-state index in [1.165, 1.54) is 0 Å². The van der Waals surface area contributed by atoms with Crippen LogP contribution in [-0.4, -0.2) is 24.6 Å². The van der Waals surface area contributed by atoms with Crippen molar-refractivity contribution in [1.82, 2.24) is 0 Å². The van der Waals surface area contributed by atoms with Crippen LogP contribution in [0.5, 0.6) is 0 Å². The lowest BCUT2D eigenvalue weighted by Gasteiger charge is -2.02. The van der Waals surface area contributed by atoms with E-state index in [4.69, 9.17) is 4.74 Å². The first kappa shape index (κ1) is 14.0. The summed E-state index contributed by atoms with van der Waals surface area (Å²) < 4.78 is 5.01. The molecule has 15 heavy (non-hydrogen) atoms. The number of rotatable bonds is 4. The summed E-state index contributed by atoms with van der Waals surface area (Å²) in [4.78, 5) is 11.3. The molecule has 1 aromatic rings. The second-order valence-electron chi connectivity index (χ2n) is 2.49. The van der Waals surface area contributed by atoms with Crippen LogP contribution >= 0.6 is 11.8 Å². The molecule has 84 valence electrons. The van der Waals surface area contributed by atoms with Gasteiger partial charge in [-0.15, -0.1) is 0 Å². The van der Waals surface area contributed by atoms with E-state index >= 15 is 0 Å². The number of benzene rings is 1. The molecule has 0 saturated heterocycles. The Hall–Kier alpha value is -0.960. The molecule has 0 aliphatic heterocycles. The van der Waals surface area contributed by atoms with Crippen molar-refractivity contribution in [2.45, 2.75) is 13.8 Å². The van der Waals surface area contributed by atoms with Crippen LogP contribution < -0.4 is 0 Å². The first-order valence-corrected chi connectivity index (χ1v) is 6.45. The van der Waals surface area contributed by atoms with Crippen LogP contribution in [0.2, 0.25) is 0 Å². The van der Waals surface area contributed by atoms with E-state index in [9.17, 15) is 4.79 Å². The average Bonchev–Trinajstić information content (AvgIpc) is 2.33. The number of thioether (sulfide) groups is 1. The molecule has 0 unspecified atom stereocenters. The molecule has 0 heterocycles. The lowest BCUT2D eigenvalue weighted by molar-refractivity contribution is 0.0530. The van der Waals surface area contributed by atoms with Crippen molar-refractivity contribution in [3.8, 4) is 0 Å². The zero-order valence-electron chi connectivity index (χ0n) is 9.53. The molecule has 0 atom stereocenters. The Morgan fingerprint density at radius 2 is 1.87 bits per heavy atom. The van der Waals surface area contributed by atoms with Gasteiger partial charge in [0.05, 0.1) is 5.56 Å². The fourth-order valence-electron chi connectivity index (χ4n) is 0.875. The monoisotopic (exact) mass is 226 g/mol. The number of carbonyl (C=O) groups excluding carboxylic acids is 1. The Bertz CT molecular complexity index is 260. The number of carbonyl (C=O) groups is 1. The first-order chi connectivity index (χ1) is 7.34. The summed E-state index contributed by atoms with van der Waals surface area (Å²) in [6, 6.07) is 9.03. The van der Waals surface area contributed by atoms with Crippen molar-refractivity contribution in [2.75, 3.05) is 18.6 Å². The van der Waals surface area contributed by atoms with E-state index in [0.717, 1.165) is 5.75 Å². The van der Waals surface area contributed by atoms with Crippen molar-refractivity contribution in [1.29, 1.82) is 0 Å². The van der Waals surface area contributed by atoms with Gasteiger partial charge in [-0.1, -0.05) is 32.0 Å². The predicted molar refractivity (Wildman–Crippen MR) is 66.5 cm³/mol. The molecule has 2 nitrogen and oxygen atoms in total. The lowest BCUT2D eigenvalue weighted by Crippen LogP contribution is -2.07. The van der Waals surface area contributed by atoms with E-state index in [1.807, 2.05) is 38.3 Å². The molecule has 1 aromatic carbocycles. The highest BCUT2D eigenvalue weighted by Crippen LogP contribution is 2.01. The maximum absolute atomic E-state index is 11.3. The van der Waals surface area contributed by atoms with Gasteiger partial charge in [-0.25, -0.2) is 4.79 Å². The average molecular weight is 226 g/mol. The van der Waals surface area contributed by atoms with E-state index < -0.39 is 0 Å².